The van der Waals surface area contributed by atoms with Crippen LogP contribution >= 0.6 is 11.8 Å². The zero-order valence-corrected chi connectivity index (χ0v) is 16.0. The maximum Gasteiger partial charge on any atom is 0.416 e. The summed E-state index contributed by atoms with van der Waals surface area (Å²) >= 11 is 1.59. The molecule has 5 rings (SSSR count). The topological polar surface area (TPSA) is 4.93 Å². The van der Waals surface area contributed by atoms with Crippen LogP contribution in [0.4, 0.5) is 13.2 Å². The number of fused-ring (bicyclic) bond motifs is 3. The van der Waals surface area contributed by atoms with Gasteiger partial charge in [0.1, 0.15) is 4.75 Å². The van der Waals surface area contributed by atoms with E-state index < -0.39 is 16.5 Å². The fraction of sp³-hybridized carbons (Fsp3) is 0.0833. The van der Waals surface area contributed by atoms with Crippen molar-refractivity contribution in [1.82, 2.24) is 4.57 Å². The minimum absolute atomic E-state index is 0.557. The number of benzene rings is 3. The highest BCUT2D eigenvalue weighted by molar-refractivity contribution is 8.00. The smallest absolute Gasteiger partial charge is 0.318 e. The van der Waals surface area contributed by atoms with Crippen molar-refractivity contribution in [2.45, 2.75) is 15.8 Å². The summed E-state index contributed by atoms with van der Waals surface area (Å²) in [5, 5.41) is 0. The normalized spacial score (nSPS) is 14.9. The summed E-state index contributed by atoms with van der Waals surface area (Å²) in [6, 6.07) is 28.1. The molecule has 1 nitrogen and oxygen atoms in total. The van der Waals surface area contributed by atoms with E-state index in [-0.39, 0.29) is 0 Å². The molecular formula is C24H16F3NS. The number of rotatable bonds is 2. The molecule has 1 aliphatic heterocycles. The van der Waals surface area contributed by atoms with Crippen molar-refractivity contribution in [3.63, 3.8) is 0 Å². The quantitative estimate of drug-likeness (QED) is 0.350. The Kier molecular flexibility index (Phi) is 4.10. The maximum absolute atomic E-state index is 13.3. The lowest BCUT2D eigenvalue weighted by molar-refractivity contribution is -0.137. The Balaban J connectivity index is 1.80. The second kappa shape index (κ2) is 6.56. The predicted molar refractivity (Wildman–Crippen MR) is 109 cm³/mol. The average molecular weight is 407 g/mol. The first-order valence-electron chi connectivity index (χ1n) is 9.20. The van der Waals surface area contributed by atoms with E-state index in [1.807, 2.05) is 59.3 Å². The van der Waals surface area contributed by atoms with Crippen molar-refractivity contribution in [2.75, 3.05) is 0 Å². The second-order valence-electron chi connectivity index (χ2n) is 6.96. The van der Waals surface area contributed by atoms with Gasteiger partial charge in [0.25, 0.3) is 0 Å². The van der Waals surface area contributed by atoms with Gasteiger partial charge in [-0.05, 0) is 41.5 Å². The Morgan fingerprint density at radius 2 is 1.34 bits per heavy atom. The molecule has 0 spiro atoms. The lowest BCUT2D eigenvalue weighted by Crippen LogP contribution is -2.31. The van der Waals surface area contributed by atoms with E-state index in [2.05, 4.69) is 24.3 Å². The predicted octanol–water partition coefficient (Wildman–Crippen LogP) is 6.89. The van der Waals surface area contributed by atoms with Crippen LogP contribution in [0.3, 0.4) is 0 Å². The molecule has 0 bridgehead atoms. The van der Waals surface area contributed by atoms with Crippen LogP contribution in [0.25, 0.3) is 5.69 Å². The fourth-order valence-corrected chi connectivity index (χ4v) is 5.50. The third-order valence-electron chi connectivity index (χ3n) is 5.28. The van der Waals surface area contributed by atoms with Gasteiger partial charge in [0, 0.05) is 16.8 Å². The average Bonchev–Trinajstić information content (AvgIpc) is 3.24. The van der Waals surface area contributed by atoms with Crippen LogP contribution in [-0.4, -0.2) is 4.57 Å². The van der Waals surface area contributed by atoms with Gasteiger partial charge >= 0.3 is 6.18 Å². The molecule has 0 saturated heterocycles. The minimum Gasteiger partial charge on any atom is -0.318 e. The molecular weight excluding hydrogens is 391 g/mol. The summed E-state index contributed by atoms with van der Waals surface area (Å²) in [6.07, 6.45) is -2.53. The molecule has 144 valence electrons. The van der Waals surface area contributed by atoms with Gasteiger partial charge in [0.15, 0.2) is 0 Å². The highest BCUT2D eigenvalue weighted by atomic mass is 32.2. The van der Waals surface area contributed by atoms with Gasteiger partial charge in [-0.1, -0.05) is 60.7 Å². The first kappa shape index (κ1) is 18.1. The second-order valence-corrected chi connectivity index (χ2v) is 8.22. The van der Waals surface area contributed by atoms with Gasteiger partial charge in [-0.15, -0.1) is 11.8 Å². The number of halogens is 3. The van der Waals surface area contributed by atoms with Gasteiger partial charge in [-0.25, -0.2) is 0 Å². The SMILES string of the molecule is FC(F)(F)c1ccc2c(c1)-n1cccc1C(c1ccccc1)(c1ccccc1)S2. The van der Waals surface area contributed by atoms with Crippen LogP contribution in [0, 0.1) is 0 Å². The molecule has 29 heavy (non-hydrogen) atoms. The van der Waals surface area contributed by atoms with Crippen LogP contribution in [0.1, 0.15) is 22.4 Å². The van der Waals surface area contributed by atoms with Crippen LogP contribution in [-0.2, 0) is 10.9 Å². The highest BCUT2D eigenvalue weighted by Gasteiger charge is 2.44. The van der Waals surface area contributed by atoms with Gasteiger partial charge in [-0.2, -0.15) is 13.2 Å². The zero-order valence-electron chi connectivity index (χ0n) is 15.2. The van der Waals surface area contributed by atoms with Crippen LogP contribution in [0.5, 0.6) is 0 Å². The van der Waals surface area contributed by atoms with Crippen molar-refractivity contribution in [3.05, 3.63) is 120 Å². The zero-order chi connectivity index (χ0) is 20.1. The molecule has 4 aromatic rings. The fourth-order valence-electron chi connectivity index (χ4n) is 3.99. The Morgan fingerprint density at radius 1 is 0.724 bits per heavy atom. The molecule has 1 aromatic heterocycles. The number of aromatic nitrogens is 1. The van der Waals surface area contributed by atoms with Crippen molar-refractivity contribution < 1.29 is 13.2 Å². The van der Waals surface area contributed by atoms with Gasteiger partial charge in [0.2, 0.25) is 0 Å². The van der Waals surface area contributed by atoms with E-state index in [9.17, 15) is 13.2 Å². The Labute approximate surface area is 170 Å². The van der Waals surface area contributed by atoms with E-state index in [1.54, 1.807) is 17.8 Å². The van der Waals surface area contributed by atoms with Crippen LogP contribution in [0.2, 0.25) is 0 Å². The van der Waals surface area contributed by atoms with E-state index in [1.165, 1.54) is 12.1 Å². The largest absolute Gasteiger partial charge is 0.416 e. The molecule has 0 fully saturated rings. The summed E-state index contributed by atoms with van der Waals surface area (Å²) in [6.45, 7) is 0. The Morgan fingerprint density at radius 3 is 1.93 bits per heavy atom. The summed E-state index contributed by atoms with van der Waals surface area (Å²) in [5.74, 6) is 0. The number of hydrogen-bond donors (Lipinski definition) is 0. The third-order valence-corrected chi connectivity index (χ3v) is 6.83. The van der Waals surface area contributed by atoms with Crippen molar-refractivity contribution in [3.8, 4) is 5.69 Å². The summed E-state index contributed by atoms with van der Waals surface area (Å²) in [7, 11) is 0. The molecule has 1 aliphatic rings. The number of thioether (sulfide) groups is 1. The Hall–Kier alpha value is -2.92. The number of nitrogens with zero attached hydrogens (tertiary/aromatic N) is 1. The number of alkyl halides is 3. The third kappa shape index (κ3) is 2.80. The molecule has 0 saturated carbocycles. The standard InChI is InChI=1S/C24H16F3NS/c25-24(26,27)19-13-14-21-20(16-19)28-15-7-12-22(28)23(29-21,17-8-3-1-4-9-17)18-10-5-2-6-11-18/h1-16H. The van der Waals surface area contributed by atoms with E-state index >= 15 is 0 Å². The van der Waals surface area contributed by atoms with Crippen molar-refractivity contribution >= 4 is 11.8 Å². The lowest BCUT2D eigenvalue weighted by atomic mass is 9.87. The van der Waals surface area contributed by atoms with Gasteiger partial charge < -0.3 is 4.57 Å². The van der Waals surface area contributed by atoms with Gasteiger partial charge in [-0.3, -0.25) is 0 Å². The molecule has 3 aromatic carbocycles. The van der Waals surface area contributed by atoms with E-state index in [0.29, 0.717) is 5.69 Å². The van der Waals surface area contributed by atoms with Gasteiger partial charge in [0.05, 0.1) is 11.3 Å². The molecule has 0 radical (unpaired) electrons. The molecule has 0 amide bonds. The van der Waals surface area contributed by atoms with Crippen LogP contribution in [0.15, 0.2) is 102 Å². The number of hydrogen-bond acceptors (Lipinski definition) is 1. The monoisotopic (exact) mass is 407 g/mol. The van der Waals surface area contributed by atoms with Crippen molar-refractivity contribution in [1.29, 1.82) is 0 Å². The summed E-state index contributed by atoms with van der Waals surface area (Å²) in [5.41, 5.74) is 3.03. The molecule has 5 heteroatoms. The maximum atomic E-state index is 13.3. The van der Waals surface area contributed by atoms with Crippen LogP contribution < -0.4 is 0 Å². The van der Waals surface area contributed by atoms with E-state index in [0.717, 1.165) is 21.7 Å². The molecule has 2 heterocycles. The van der Waals surface area contributed by atoms with E-state index in [4.69, 9.17) is 0 Å². The summed E-state index contributed by atoms with van der Waals surface area (Å²) in [4.78, 5) is 0.814. The lowest BCUT2D eigenvalue weighted by Gasteiger charge is -2.40. The first-order valence-corrected chi connectivity index (χ1v) is 10.0. The summed E-state index contributed by atoms with van der Waals surface area (Å²) < 4.78 is 41.3. The molecule has 0 N–H and O–H groups in total. The minimum atomic E-state index is -4.37. The first-order chi connectivity index (χ1) is 14.0. The van der Waals surface area contributed by atoms with Crippen molar-refractivity contribution in [2.24, 2.45) is 0 Å². The Bertz CT molecular complexity index is 1120. The highest BCUT2D eigenvalue weighted by Crippen LogP contribution is 2.56. The molecule has 0 unspecified atom stereocenters. The molecule has 0 atom stereocenters. The molecule has 0 aliphatic carbocycles.